The first-order valence-corrected chi connectivity index (χ1v) is 13.5. The molecule has 0 radical (unpaired) electrons. The zero-order valence-electron chi connectivity index (χ0n) is 22.0. The summed E-state index contributed by atoms with van der Waals surface area (Å²) in [5.74, 6) is -0.573. The van der Waals surface area contributed by atoms with Gasteiger partial charge >= 0.3 is 11.9 Å². The molecule has 4 aliphatic carbocycles. The zero-order chi connectivity index (χ0) is 26.0. The summed E-state index contributed by atoms with van der Waals surface area (Å²) in [6.45, 7) is 10.0. The second-order valence-electron chi connectivity index (χ2n) is 12.0. The lowest BCUT2D eigenvalue weighted by molar-refractivity contribution is -0.152. The number of carbonyl (C=O) groups is 4. The molecule has 1 aliphatic heterocycles. The maximum atomic E-state index is 13.6. The summed E-state index contributed by atoms with van der Waals surface area (Å²) < 4.78 is 17.5. The van der Waals surface area contributed by atoms with Gasteiger partial charge in [0.15, 0.2) is 11.6 Å². The monoisotopic (exact) mass is 498 g/mol. The Morgan fingerprint density at radius 1 is 1.06 bits per heavy atom. The fourth-order valence-corrected chi connectivity index (χ4v) is 8.66. The maximum Gasteiger partial charge on any atom is 0.305 e. The van der Waals surface area contributed by atoms with Gasteiger partial charge in [-0.15, -0.1) is 0 Å². The topological polar surface area (TPSA) is 99.3 Å². The molecular formula is C29H38O7. The van der Waals surface area contributed by atoms with Crippen LogP contribution in [-0.2, 0) is 33.4 Å². The Kier molecular flexibility index (Phi) is 6.09. The van der Waals surface area contributed by atoms with Crippen molar-refractivity contribution in [2.45, 2.75) is 78.4 Å². The van der Waals surface area contributed by atoms with Crippen LogP contribution >= 0.6 is 0 Å². The zero-order valence-corrected chi connectivity index (χ0v) is 22.0. The first-order valence-electron chi connectivity index (χ1n) is 13.5. The molecule has 0 aromatic rings. The molecule has 3 saturated carbocycles. The molecule has 36 heavy (non-hydrogen) atoms. The van der Waals surface area contributed by atoms with E-state index in [0.717, 1.165) is 24.8 Å². The van der Waals surface area contributed by atoms with Crippen molar-refractivity contribution in [2.24, 2.45) is 40.4 Å². The van der Waals surface area contributed by atoms with E-state index in [-0.39, 0.29) is 95.7 Å². The van der Waals surface area contributed by atoms with Gasteiger partial charge in [0.2, 0.25) is 0 Å². The Balaban J connectivity index is 1.49. The molecule has 7 heteroatoms. The predicted molar refractivity (Wildman–Crippen MR) is 131 cm³/mol. The van der Waals surface area contributed by atoms with Crippen LogP contribution in [0.25, 0.3) is 0 Å². The van der Waals surface area contributed by atoms with Crippen LogP contribution in [0.3, 0.4) is 0 Å². The molecule has 0 aromatic carbocycles. The maximum absolute atomic E-state index is 13.6. The van der Waals surface area contributed by atoms with Crippen LogP contribution in [0.2, 0.25) is 0 Å². The van der Waals surface area contributed by atoms with Crippen LogP contribution < -0.4 is 0 Å². The molecule has 7 nitrogen and oxygen atoms in total. The average molecular weight is 499 g/mol. The van der Waals surface area contributed by atoms with Gasteiger partial charge in [-0.05, 0) is 61.5 Å². The molecule has 5 rings (SSSR count). The van der Waals surface area contributed by atoms with E-state index in [0.29, 0.717) is 0 Å². The highest BCUT2D eigenvalue weighted by Crippen LogP contribution is 2.76. The Bertz CT molecular complexity index is 1060. The van der Waals surface area contributed by atoms with Gasteiger partial charge in [0, 0.05) is 30.1 Å². The number of fused-ring (bicyclic) bond motifs is 3. The van der Waals surface area contributed by atoms with Crippen molar-refractivity contribution in [2.75, 3.05) is 13.2 Å². The molecule has 0 amide bonds. The highest BCUT2D eigenvalue weighted by Gasteiger charge is 2.80. The van der Waals surface area contributed by atoms with Crippen LogP contribution in [-0.4, -0.2) is 48.4 Å². The van der Waals surface area contributed by atoms with Gasteiger partial charge in [0.05, 0.1) is 12.7 Å². The molecule has 0 bridgehead atoms. The number of epoxide rings is 1. The fourth-order valence-electron chi connectivity index (χ4n) is 8.66. The van der Waals surface area contributed by atoms with Gasteiger partial charge in [-0.25, -0.2) is 0 Å². The minimum absolute atomic E-state index is 0.00654. The summed E-state index contributed by atoms with van der Waals surface area (Å²) in [6.07, 6.45) is 8.42. The van der Waals surface area contributed by atoms with Gasteiger partial charge < -0.3 is 14.2 Å². The smallest absolute Gasteiger partial charge is 0.305 e. The summed E-state index contributed by atoms with van der Waals surface area (Å²) >= 11 is 0. The number of ketones is 2. The van der Waals surface area contributed by atoms with E-state index in [1.807, 2.05) is 0 Å². The summed E-state index contributed by atoms with van der Waals surface area (Å²) in [4.78, 5) is 49.7. The number of ether oxygens (including phenoxy) is 3. The second-order valence-corrected chi connectivity index (χ2v) is 12.0. The fraction of sp³-hybridized carbons (Fsp3) is 0.724. The average Bonchev–Trinajstić information content (AvgIpc) is 3.49. The van der Waals surface area contributed by atoms with Crippen molar-refractivity contribution >= 4 is 23.5 Å². The van der Waals surface area contributed by atoms with E-state index in [1.54, 1.807) is 26.0 Å². The molecule has 9 atom stereocenters. The van der Waals surface area contributed by atoms with E-state index in [4.69, 9.17) is 14.2 Å². The molecule has 1 unspecified atom stereocenters. The lowest BCUT2D eigenvalue weighted by Crippen LogP contribution is -2.58. The molecule has 1 saturated heterocycles. The van der Waals surface area contributed by atoms with Crippen molar-refractivity contribution in [3.8, 4) is 0 Å². The molecule has 1 spiro atoms. The van der Waals surface area contributed by atoms with Crippen molar-refractivity contribution in [1.29, 1.82) is 0 Å². The normalized spacial score (nSPS) is 43.9. The van der Waals surface area contributed by atoms with Crippen LogP contribution in [0.5, 0.6) is 0 Å². The number of rotatable bonds is 7. The number of esters is 2. The lowest BCUT2D eigenvalue weighted by atomic mass is 9.45. The molecular weight excluding hydrogens is 460 g/mol. The van der Waals surface area contributed by atoms with Crippen molar-refractivity contribution in [1.82, 2.24) is 0 Å². The van der Waals surface area contributed by atoms with Gasteiger partial charge in [-0.3, -0.25) is 19.2 Å². The molecule has 1 heterocycles. The van der Waals surface area contributed by atoms with E-state index < -0.39 is 5.97 Å². The first-order chi connectivity index (χ1) is 17.0. The molecule has 196 valence electrons. The number of Topliss-reactive ketones (excluding diaryl/α,β-unsaturated/α-hetero) is 1. The molecule has 0 aromatic heterocycles. The summed E-state index contributed by atoms with van der Waals surface area (Å²) in [7, 11) is 0. The number of allylic oxidation sites excluding steroid dienone is 2. The highest BCUT2D eigenvalue weighted by molar-refractivity contribution is 6.01. The summed E-state index contributed by atoms with van der Waals surface area (Å²) in [5.41, 5.74) is 0.0880. The lowest BCUT2D eigenvalue weighted by Gasteiger charge is -2.56. The van der Waals surface area contributed by atoms with Gasteiger partial charge in [0.25, 0.3) is 0 Å². The Morgan fingerprint density at radius 2 is 1.75 bits per heavy atom. The Labute approximate surface area is 213 Å². The van der Waals surface area contributed by atoms with E-state index in [2.05, 4.69) is 26.8 Å². The van der Waals surface area contributed by atoms with Crippen molar-refractivity contribution in [3.63, 3.8) is 0 Å². The molecule has 4 fully saturated rings. The number of hydrogen-bond donors (Lipinski definition) is 0. The highest BCUT2D eigenvalue weighted by atomic mass is 16.6. The third-order valence-electron chi connectivity index (χ3n) is 10.2. The Morgan fingerprint density at radius 3 is 2.44 bits per heavy atom. The van der Waals surface area contributed by atoms with Gasteiger partial charge in [0.1, 0.15) is 12.2 Å². The summed E-state index contributed by atoms with van der Waals surface area (Å²) in [5, 5.41) is 0. The third kappa shape index (κ3) is 3.48. The number of hydrogen-bond acceptors (Lipinski definition) is 7. The number of carbonyl (C=O) groups excluding carboxylic acids is 4. The van der Waals surface area contributed by atoms with Crippen molar-refractivity contribution in [3.05, 3.63) is 23.8 Å². The molecule has 5 aliphatic rings. The summed E-state index contributed by atoms with van der Waals surface area (Å²) in [6, 6.07) is 0. The largest absolute Gasteiger partial charge is 0.465 e. The minimum atomic E-state index is -0.392. The minimum Gasteiger partial charge on any atom is -0.465 e. The van der Waals surface area contributed by atoms with Crippen LogP contribution in [0, 0.1) is 40.4 Å². The SMILES string of the molecule is CCC(=O)OCC(=O)[C@H]1[C@@H](COC(=O)CC)C[C@H]2[C@@H]3C[C@H](C)C4=CC(=O)C=C[C@]4(C)C34O[C@H]4C[C@@]21C. The second kappa shape index (κ2) is 8.64. The third-order valence-corrected chi connectivity index (χ3v) is 10.2. The predicted octanol–water partition coefficient (Wildman–Crippen LogP) is 3.99. The molecule has 0 N–H and O–H groups in total. The van der Waals surface area contributed by atoms with E-state index in [9.17, 15) is 19.2 Å². The standard InChI is InChI=1S/C29H38O7/c1-6-24(32)34-14-17-11-20-21-10-16(3)19-12-18(30)8-9-28(19,5)29(21)23(36-29)13-27(20,4)26(17)22(31)15-35-25(33)7-2/h8-9,12,16-17,20-21,23,26H,6-7,10-11,13-15H2,1-5H3/t16-,17+,20-,21-,23-,26+,27-,28-,29?/m0/s1. The van der Waals surface area contributed by atoms with E-state index >= 15 is 0 Å². The van der Waals surface area contributed by atoms with Crippen molar-refractivity contribution < 1.29 is 33.4 Å². The quantitative estimate of drug-likeness (QED) is 0.387. The van der Waals surface area contributed by atoms with Crippen LogP contribution in [0.15, 0.2) is 23.8 Å². The van der Waals surface area contributed by atoms with Crippen LogP contribution in [0.1, 0.15) is 66.7 Å². The van der Waals surface area contributed by atoms with Gasteiger partial charge in [-0.1, -0.05) is 39.3 Å². The van der Waals surface area contributed by atoms with E-state index in [1.165, 1.54) is 0 Å². The van der Waals surface area contributed by atoms with Gasteiger partial charge in [-0.2, -0.15) is 0 Å². The van der Waals surface area contributed by atoms with Crippen LogP contribution in [0.4, 0.5) is 0 Å². The Hall–Kier alpha value is -2.28. The first kappa shape index (κ1) is 25.4.